The standard InChI is InChI=1S/C14H14FN3O/c1-16-13-6-7-17-9-11(13)14(19)18-8-10-4-2-3-5-12(10)15/h2-7,9H,8H2,1H3,(H,16,17)(H,18,19). The van der Waals surface area contributed by atoms with Gasteiger partial charge in [-0.15, -0.1) is 0 Å². The van der Waals surface area contributed by atoms with Gasteiger partial charge in [-0.2, -0.15) is 0 Å². The molecule has 19 heavy (non-hydrogen) atoms. The van der Waals surface area contributed by atoms with Gasteiger partial charge in [0, 0.05) is 37.2 Å². The molecule has 2 N–H and O–H groups in total. The summed E-state index contributed by atoms with van der Waals surface area (Å²) >= 11 is 0. The van der Waals surface area contributed by atoms with Gasteiger partial charge in [0.2, 0.25) is 0 Å². The first-order valence-electron chi connectivity index (χ1n) is 5.85. The second-order valence-corrected chi connectivity index (χ2v) is 3.95. The lowest BCUT2D eigenvalue weighted by molar-refractivity contribution is 0.0951. The van der Waals surface area contributed by atoms with E-state index in [0.717, 1.165) is 0 Å². The van der Waals surface area contributed by atoms with Crippen LogP contribution in [0.25, 0.3) is 0 Å². The smallest absolute Gasteiger partial charge is 0.255 e. The number of hydrogen-bond donors (Lipinski definition) is 2. The van der Waals surface area contributed by atoms with Gasteiger partial charge >= 0.3 is 0 Å². The van der Waals surface area contributed by atoms with E-state index >= 15 is 0 Å². The molecule has 0 fully saturated rings. The average molecular weight is 259 g/mol. The number of carbonyl (C=O) groups is 1. The Morgan fingerprint density at radius 1 is 1.32 bits per heavy atom. The molecule has 0 radical (unpaired) electrons. The number of carbonyl (C=O) groups excluding carboxylic acids is 1. The van der Waals surface area contributed by atoms with E-state index in [4.69, 9.17) is 0 Å². The fraction of sp³-hybridized carbons (Fsp3) is 0.143. The number of anilines is 1. The summed E-state index contributed by atoms with van der Waals surface area (Å²) in [7, 11) is 1.73. The van der Waals surface area contributed by atoms with Crippen LogP contribution in [0.1, 0.15) is 15.9 Å². The molecule has 0 saturated carbocycles. The molecule has 5 heteroatoms. The molecule has 0 bridgehead atoms. The summed E-state index contributed by atoms with van der Waals surface area (Å²) in [5.74, 6) is -0.622. The van der Waals surface area contributed by atoms with Crippen LogP contribution in [0.4, 0.5) is 10.1 Å². The van der Waals surface area contributed by atoms with Gasteiger partial charge in [0.05, 0.1) is 5.56 Å². The lowest BCUT2D eigenvalue weighted by Gasteiger charge is -2.09. The first-order valence-corrected chi connectivity index (χ1v) is 5.85. The highest BCUT2D eigenvalue weighted by atomic mass is 19.1. The summed E-state index contributed by atoms with van der Waals surface area (Å²) in [6.45, 7) is 0.142. The average Bonchev–Trinajstić information content (AvgIpc) is 2.46. The van der Waals surface area contributed by atoms with Crippen molar-refractivity contribution >= 4 is 11.6 Å². The molecule has 1 amide bonds. The molecule has 2 rings (SSSR count). The molecule has 0 aliphatic rings. The van der Waals surface area contributed by atoms with Crippen molar-refractivity contribution in [1.29, 1.82) is 0 Å². The van der Waals surface area contributed by atoms with E-state index in [1.807, 2.05) is 0 Å². The zero-order valence-electron chi connectivity index (χ0n) is 10.5. The fourth-order valence-electron chi connectivity index (χ4n) is 1.71. The number of halogens is 1. The predicted octanol–water partition coefficient (Wildman–Crippen LogP) is 2.19. The summed E-state index contributed by atoms with van der Waals surface area (Å²) in [4.78, 5) is 15.9. The van der Waals surface area contributed by atoms with Crippen LogP contribution in [-0.4, -0.2) is 17.9 Å². The monoisotopic (exact) mass is 259 g/mol. The Hall–Kier alpha value is -2.43. The van der Waals surface area contributed by atoms with E-state index in [0.29, 0.717) is 16.8 Å². The van der Waals surface area contributed by atoms with E-state index in [1.54, 1.807) is 37.5 Å². The maximum atomic E-state index is 13.4. The molecule has 0 saturated heterocycles. The summed E-state index contributed by atoms with van der Waals surface area (Å²) < 4.78 is 13.4. The lowest BCUT2D eigenvalue weighted by Crippen LogP contribution is -2.24. The summed E-state index contributed by atoms with van der Waals surface area (Å²) in [6, 6.07) is 8.05. The van der Waals surface area contributed by atoms with E-state index in [1.165, 1.54) is 12.3 Å². The second kappa shape index (κ2) is 5.95. The van der Waals surface area contributed by atoms with Crippen molar-refractivity contribution in [2.45, 2.75) is 6.54 Å². The van der Waals surface area contributed by atoms with E-state index in [9.17, 15) is 9.18 Å². The van der Waals surface area contributed by atoms with Crippen LogP contribution < -0.4 is 10.6 Å². The van der Waals surface area contributed by atoms with Crippen molar-refractivity contribution in [1.82, 2.24) is 10.3 Å². The van der Waals surface area contributed by atoms with E-state index in [-0.39, 0.29) is 18.3 Å². The molecule has 2 aromatic rings. The topological polar surface area (TPSA) is 54.0 Å². The van der Waals surface area contributed by atoms with E-state index < -0.39 is 0 Å². The molecule has 0 spiro atoms. The molecule has 0 atom stereocenters. The normalized spacial score (nSPS) is 10.0. The van der Waals surface area contributed by atoms with Gasteiger partial charge in [0.15, 0.2) is 0 Å². The van der Waals surface area contributed by atoms with Crippen molar-refractivity contribution in [3.63, 3.8) is 0 Å². The van der Waals surface area contributed by atoms with Crippen LogP contribution in [0.3, 0.4) is 0 Å². The molecular formula is C14H14FN3O. The van der Waals surface area contributed by atoms with Crippen LogP contribution in [-0.2, 0) is 6.54 Å². The van der Waals surface area contributed by atoms with Crippen LogP contribution in [0, 0.1) is 5.82 Å². The first kappa shape index (κ1) is 13.0. The summed E-state index contributed by atoms with van der Waals surface area (Å²) in [5, 5.41) is 5.58. The SMILES string of the molecule is CNc1ccncc1C(=O)NCc1ccccc1F. The number of aromatic nitrogens is 1. The summed E-state index contributed by atoms with van der Waals surface area (Å²) in [6.07, 6.45) is 3.07. The maximum absolute atomic E-state index is 13.4. The molecule has 1 aromatic heterocycles. The molecule has 0 unspecified atom stereocenters. The number of hydrogen-bond acceptors (Lipinski definition) is 3. The first-order chi connectivity index (χ1) is 9.22. The van der Waals surface area contributed by atoms with Crippen molar-refractivity contribution in [3.05, 3.63) is 59.7 Å². The minimum absolute atomic E-state index is 0.142. The van der Waals surface area contributed by atoms with Crippen molar-refractivity contribution in [2.24, 2.45) is 0 Å². The molecular weight excluding hydrogens is 245 g/mol. The van der Waals surface area contributed by atoms with Gasteiger partial charge in [-0.05, 0) is 12.1 Å². The quantitative estimate of drug-likeness (QED) is 0.885. The van der Waals surface area contributed by atoms with Crippen molar-refractivity contribution in [3.8, 4) is 0 Å². The van der Waals surface area contributed by atoms with E-state index in [2.05, 4.69) is 15.6 Å². The predicted molar refractivity (Wildman–Crippen MR) is 71.4 cm³/mol. The summed E-state index contributed by atoms with van der Waals surface area (Å²) in [5.41, 5.74) is 1.56. The highest BCUT2D eigenvalue weighted by molar-refractivity contribution is 5.99. The Labute approximate surface area is 110 Å². The number of pyridine rings is 1. The third-order valence-corrected chi connectivity index (χ3v) is 2.73. The Morgan fingerprint density at radius 2 is 2.11 bits per heavy atom. The Bertz CT molecular complexity index is 586. The maximum Gasteiger partial charge on any atom is 0.255 e. The van der Waals surface area contributed by atoms with Gasteiger partial charge in [0.25, 0.3) is 5.91 Å². The minimum Gasteiger partial charge on any atom is -0.387 e. The fourth-order valence-corrected chi connectivity index (χ4v) is 1.71. The number of nitrogens with one attached hydrogen (secondary N) is 2. The third-order valence-electron chi connectivity index (χ3n) is 2.73. The minimum atomic E-state index is -0.331. The number of amides is 1. The van der Waals surface area contributed by atoms with Gasteiger partial charge in [0.1, 0.15) is 5.82 Å². The highest BCUT2D eigenvalue weighted by Gasteiger charge is 2.11. The molecule has 1 heterocycles. The molecule has 0 aliphatic carbocycles. The van der Waals surface area contributed by atoms with Crippen LogP contribution in [0.5, 0.6) is 0 Å². The van der Waals surface area contributed by atoms with Gasteiger partial charge in [-0.3, -0.25) is 9.78 Å². The number of rotatable bonds is 4. The molecule has 4 nitrogen and oxygen atoms in total. The van der Waals surface area contributed by atoms with Gasteiger partial charge in [-0.25, -0.2) is 4.39 Å². The zero-order valence-corrected chi connectivity index (χ0v) is 10.5. The third kappa shape index (κ3) is 3.07. The number of nitrogens with zero attached hydrogens (tertiary/aromatic N) is 1. The van der Waals surface area contributed by atoms with Gasteiger partial charge in [-0.1, -0.05) is 18.2 Å². The van der Waals surface area contributed by atoms with Crippen LogP contribution in [0.2, 0.25) is 0 Å². The largest absolute Gasteiger partial charge is 0.387 e. The second-order valence-electron chi connectivity index (χ2n) is 3.95. The molecule has 0 aliphatic heterocycles. The number of benzene rings is 1. The van der Waals surface area contributed by atoms with Crippen molar-refractivity contribution < 1.29 is 9.18 Å². The van der Waals surface area contributed by atoms with Crippen LogP contribution >= 0.6 is 0 Å². The Balaban J connectivity index is 2.08. The molecule has 98 valence electrons. The molecule has 1 aromatic carbocycles. The highest BCUT2D eigenvalue weighted by Crippen LogP contribution is 2.13. The van der Waals surface area contributed by atoms with Crippen molar-refractivity contribution in [2.75, 3.05) is 12.4 Å². The van der Waals surface area contributed by atoms with Crippen LogP contribution in [0.15, 0.2) is 42.7 Å². The Kier molecular flexibility index (Phi) is 4.07. The van der Waals surface area contributed by atoms with Gasteiger partial charge < -0.3 is 10.6 Å². The lowest BCUT2D eigenvalue weighted by atomic mass is 10.2. The Morgan fingerprint density at radius 3 is 2.84 bits per heavy atom. The zero-order chi connectivity index (χ0) is 13.7.